The molecule has 7 nitrogen and oxygen atoms in total. The van der Waals surface area contributed by atoms with Crippen LogP contribution in [0.4, 0.5) is 0 Å². The van der Waals surface area contributed by atoms with Crippen LogP contribution in [0.1, 0.15) is 32.0 Å². The van der Waals surface area contributed by atoms with Gasteiger partial charge in [0.1, 0.15) is 0 Å². The second kappa shape index (κ2) is 7.56. The lowest BCUT2D eigenvalue weighted by Crippen LogP contribution is -2.31. The topological polar surface area (TPSA) is 97.1 Å². The maximum atomic E-state index is 11.7. The first kappa shape index (κ1) is 16.1. The van der Waals surface area contributed by atoms with E-state index in [0.29, 0.717) is 37.1 Å². The smallest absolute Gasteiger partial charge is 0.227 e. The molecule has 0 saturated carbocycles. The molecule has 0 atom stereocenters. The zero-order valence-corrected chi connectivity index (χ0v) is 12.5. The minimum Gasteiger partial charge on any atom is -0.339 e. The summed E-state index contributed by atoms with van der Waals surface area (Å²) >= 11 is 0. The quantitative estimate of drug-likeness (QED) is 0.632. The number of sulfonamides is 1. The van der Waals surface area contributed by atoms with Gasteiger partial charge in [-0.1, -0.05) is 19.0 Å². The van der Waals surface area contributed by atoms with E-state index in [1.807, 2.05) is 13.8 Å². The lowest BCUT2D eigenvalue weighted by atomic mass is 10.4. The van der Waals surface area contributed by atoms with Crippen molar-refractivity contribution >= 4 is 10.0 Å². The molecule has 0 bridgehead atoms. The van der Waals surface area contributed by atoms with Gasteiger partial charge in [0.15, 0.2) is 5.82 Å². The fourth-order valence-corrected chi connectivity index (χ4v) is 2.56. The lowest BCUT2D eigenvalue weighted by molar-refractivity contribution is 0.375. The Morgan fingerprint density at radius 3 is 2.63 bits per heavy atom. The van der Waals surface area contributed by atoms with Crippen molar-refractivity contribution in [1.29, 1.82) is 0 Å². The molecule has 2 N–H and O–H groups in total. The van der Waals surface area contributed by atoms with Gasteiger partial charge in [-0.15, -0.1) is 0 Å². The molecule has 0 radical (unpaired) electrons. The van der Waals surface area contributed by atoms with E-state index in [1.54, 1.807) is 6.92 Å². The molecule has 0 saturated heterocycles. The van der Waals surface area contributed by atoms with Crippen molar-refractivity contribution in [2.75, 3.05) is 18.8 Å². The van der Waals surface area contributed by atoms with Crippen molar-refractivity contribution in [2.45, 2.75) is 39.7 Å². The second-order valence-electron chi connectivity index (χ2n) is 4.66. The van der Waals surface area contributed by atoms with Crippen LogP contribution in [-0.2, 0) is 16.4 Å². The molecular weight excluding hydrogens is 268 g/mol. The van der Waals surface area contributed by atoms with Crippen LogP contribution in [0.5, 0.6) is 0 Å². The van der Waals surface area contributed by atoms with Gasteiger partial charge in [-0.3, -0.25) is 0 Å². The Hall–Kier alpha value is -0.990. The van der Waals surface area contributed by atoms with E-state index in [2.05, 4.69) is 20.2 Å². The minimum atomic E-state index is -3.22. The molecule has 0 unspecified atom stereocenters. The Kier molecular flexibility index (Phi) is 6.40. The number of aromatic nitrogens is 2. The predicted molar refractivity (Wildman–Crippen MR) is 72.3 cm³/mol. The van der Waals surface area contributed by atoms with E-state index in [1.165, 1.54) is 0 Å². The van der Waals surface area contributed by atoms with Crippen molar-refractivity contribution in [3.63, 3.8) is 0 Å². The monoisotopic (exact) mass is 290 g/mol. The Balaban J connectivity index is 2.19. The van der Waals surface area contributed by atoms with Crippen LogP contribution in [0, 0.1) is 6.92 Å². The van der Waals surface area contributed by atoms with Gasteiger partial charge >= 0.3 is 0 Å². The normalized spacial score (nSPS) is 12.2. The number of hydrogen-bond donors (Lipinski definition) is 2. The minimum absolute atomic E-state index is 0.121. The van der Waals surface area contributed by atoms with Crippen LogP contribution in [-0.4, -0.2) is 43.4 Å². The summed E-state index contributed by atoms with van der Waals surface area (Å²) in [4.78, 5) is 4.00. The molecule has 0 amide bonds. The molecule has 8 heteroatoms. The van der Waals surface area contributed by atoms with E-state index in [-0.39, 0.29) is 12.3 Å². The summed E-state index contributed by atoms with van der Waals surface area (Å²) < 4.78 is 30.7. The molecule has 0 spiro atoms. The highest BCUT2D eigenvalue weighted by Gasteiger charge is 2.10. The van der Waals surface area contributed by atoms with Crippen LogP contribution >= 0.6 is 0 Å². The van der Waals surface area contributed by atoms with E-state index >= 15 is 0 Å². The van der Waals surface area contributed by atoms with Gasteiger partial charge < -0.3 is 9.84 Å². The van der Waals surface area contributed by atoms with Gasteiger partial charge in [-0.05, 0) is 19.9 Å². The largest absolute Gasteiger partial charge is 0.339 e. The fourth-order valence-electron chi connectivity index (χ4n) is 1.48. The van der Waals surface area contributed by atoms with Crippen molar-refractivity contribution in [3.05, 3.63) is 11.7 Å². The summed E-state index contributed by atoms with van der Waals surface area (Å²) in [5, 5.41) is 6.81. The summed E-state index contributed by atoms with van der Waals surface area (Å²) in [5.41, 5.74) is 0. The van der Waals surface area contributed by atoms with E-state index in [9.17, 15) is 8.42 Å². The van der Waals surface area contributed by atoms with Crippen LogP contribution in [0.3, 0.4) is 0 Å². The number of rotatable bonds is 9. The standard InChI is InChI=1S/C11H22N4O3S/c1-9(2)12-6-4-8-19(16,17)13-7-5-11-14-10(3)15-18-11/h9,12-13H,4-8H2,1-3H3. The first-order chi connectivity index (χ1) is 8.89. The molecule has 0 aliphatic heterocycles. The molecule has 0 aliphatic rings. The summed E-state index contributed by atoms with van der Waals surface area (Å²) in [6.45, 7) is 6.75. The highest BCUT2D eigenvalue weighted by atomic mass is 32.2. The van der Waals surface area contributed by atoms with Gasteiger partial charge in [-0.2, -0.15) is 4.98 Å². The average Bonchev–Trinajstić information content (AvgIpc) is 2.70. The SMILES string of the molecule is Cc1noc(CCNS(=O)(=O)CCCNC(C)C)n1. The van der Waals surface area contributed by atoms with Crippen molar-refractivity contribution in [2.24, 2.45) is 0 Å². The zero-order chi connectivity index (χ0) is 14.3. The maximum absolute atomic E-state index is 11.7. The third-order valence-electron chi connectivity index (χ3n) is 2.37. The molecule has 0 aromatic carbocycles. The third kappa shape index (κ3) is 7.24. The molecule has 1 aromatic rings. The Morgan fingerprint density at radius 2 is 2.05 bits per heavy atom. The first-order valence-electron chi connectivity index (χ1n) is 6.39. The fraction of sp³-hybridized carbons (Fsp3) is 0.818. The summed E-state index contributed by atoms with van der Waals surface area (Å²) in [7, 11) is -3.22. The van der Waals surface area contributed by atoms with Crippen molar-refractivity contribution < 1.29 is 12.9 Å². The Morgan fingerprint density at radius 1 is 1.32 bits per heavy atom. The summed E-state index contributed by atoms with van der Waals surface area (Å²) in [6.07, 6.45) is 0.998. The molecular formula is C11H22N4O3S. The Bertz CT molecular complexity index is 470. The molecule has 110 valence electrons. The predicted octanol–water partition coefficient (Wildman–Crippen LogP) is 0.228. The van der Waals surface area contributed by atoms with E-state index in [4.69, 9.17) is 4.52 Å². The zero-order valence-electron chi connectivity index (χ0n) is 11.6. The number of nitrogens with one attached hydrogen (secondary N) is 2. The summed E-state index contributed by atoms with van der Waals surface area (Å²) in [5.74, 6) is 1.12. The number of aryl methyl sites for hydroxylation is 1. The van der Waals surface area contributed by atoms with Crippen LogP contribution in [0.2, 0.25) is 0 Å². The van der Waals surface area contributed by atoms with Crippen LogP contribution in [0.25, 0.3) is 0 Å². The van der Waals surface area contributed by atoms with Crippen molar-refractivity contribution in [1.82, 2.24) is 20.2 Å². The highest BCUT2D eigenvalue weighted by Crippen LogP contribution is 1.97. The van der Waals surface area contributed by atoms with E-state index < -0.39 is 10.0 Å². The number of hydrogen-bond acceptors (Lipinski definition) is 6. The average molecular weight is 290 g/mol. The molecule has 19 heavy (non-hydrogen) atoms. The number of nitrogens with zero attached hydrogens (tertiary/aromatic N) is 2. The maximum Gasteiger partial charge on any atom is 0.227 e. The second-order valence-corrected chi connectivity index (χ2v) is 6.59. The highest BCUT2D eigenvalue weighted by molar-refractivity contribution is 7.89. The van der Waals surface area contributed by atoms with Crippen molar-refractivity contribution in [3.8, 4) is 0 Å². The van der Waals surface area contributed by atoms with Gasteiger partial charge in [-0.25, -0.2) is 13.1 Å². The summed E-state index contributed by atoms with van der Waals surface area (Å²) in [6, 6.07) is 0.372. The molecule has 1 heterocycles. The van der Waals surface area contributed by atoms with Crippen LogP contribution in [0.15, 0.2) is 4.52 Å². The molecule has 0 fully saturated rings. The lowest BCUT2D eigenvalue weighted by Gasteiger charge is -2.08. The molecule has 1 rings (SSSR count). The van der Waals surface area contributed by atoms with Gasteiger partial charge in [0.05, 0.1) is 5.75 Å². The first-order valence-corrected chi connectivity index (χ1v) is 8.04. The molecule has 1 aromatic heterocycles. The van der Waals surface area contributed by atoms with Gasteiger partial charge in [0.2, 0.25) is 15.9 Å². The third-order valence-corrected chi connectivity index (χ3v) is 3.84. The van der Waals surface area contributed by atoms with E-state index in [0.717, 1.165) is 0 Å². The van der Waals surface area contributed by atoms with Gasteiger partial charge in [0.25, 0.3) is 0 Å². The van der Waals surface area contributed by atoms with Gasteiger partial charge in [0, 0.05) is 19.0 Å². The van der Waals surface area contributed by atoms with Crippen LogP contribution < -0.4 is 10.0 Å². The Labute approximate surface area is 114 Å². The molecule has 0 aliphatic carbocycles.